The van der Waals surface area contributed by atoms with Crippen LogP contribution in [0, 0.1) is 5.92 Å². The lowest BCUT2D eigenvalue weighted by Gasteiger charge is -2.28. The molecule has 0 saturated carbocycles. The van der Waals surface area contributed by atoms with Gasteiger partial charge in [0.1, 0.15) is 0 Å². The highest BCUT2D eigenvalue weighted by Crippen LogP contribution is 2.23. The zero-order chi connectivity index (χ0) is 15.6. The van der Waals surface area contributed by atoms with Crippen molar-refractivity contribution in [3.05, 3.63) is 28.2 Å². The van der Waals surface area contributed by atoms with Crippen molar-refractivity contribution in [1.29, 1.82) is 0 Å². The fraction of sp³-hybridized carbons (Fsp3) is 0.417. The molecule has 116 valence electrons. The molecule has 1 heterocycles. The zero-order valence-corrected chi connectivity index (χ0v) is 13.2. The third kappa shape index (κ3) is 4.31. The minimum absolute atomic E-state index is 0.0440. The number of aliphatic carboxylic acids is 1. The molecule has 3 N–H and O–H groups in total. The van der Waals surface area contributed by atoms with Crippen LogP contribution < -0.4 is 10.0 Å². The fourth-order valence-electron chi connectivity index (χ4n) is 2.19. The molecular weight excluding hydrogens is 339 g/mol. The first kappa shape index (κ1) is 16.5. The molecule has 6 nitrogen and oxygen atoms in total. The Morgan fingerprint density at radius 2 is 1.86 bits per heavy atom. The van der Waals surface area contributed by atoms with Gasteiger partial charge in [-0.3, -0.25) is 4.79 Å². The van der Waals surface area contributed by atoms with Crippen LogP contribution in [0.15, 0.2) is 23.1 Å². The number of benzene rings is 1. The maximum absolute atomic E-state index is 12.3. The monoisotopic (exact) mass is 352 g/mol. The molecule has 0 radical (unpaired) electrons. The Balaban J connectivity index is 2.15. The Morgan fingerprint density at radius 3 is 2.43 bits per heavy atom. The molecule has 0 amide bonds. The highest BCUT2D eigenvalue weighted by atomic mass is 35.5. The van der Waals surface area contributed by atoms with Gasteiger partial charge in [0.2, 0.25) is 10.0 Å². The maximum Gasteiger partial charge on any atom is 0.307 e. The predicted octanol–water partition coefficient (Wildman–Crippen LogP) is 1.33. The van der Waals surface area contributed by atoms with E-state index in [0.717, 1.165) is 0 Å². The normalized spacial score (nSPS) is 23.0. The van der Waals surface area contributed by atoms with Crippen LogP contribution >= 0.6 is 23.2 Å². The molecule has 9 heteroatoms. The second-order valence-electron chi connectivity index (χ2n) is 4.85. The van der Waals surface area contributed by atoms with Crippen LogP contribution in [-0.4, -0.2) is 38.6 Å². The molecule has 1 fully saturated rings. The first-order valence-electron chi connectivity index (χ1n) is 6.20. The van der Waals surface area contributed by atoms with Crippen molar-refractivity contribution in [2.24, 2.45) is 5.92 Å². The van der Waals surface area contributed by atoms with Crippen molar-refractivity contribution in [2.75, 3.05) is 13.1 Å². The van der Waals surface area contributed by atoms with Gasteiger partial charge in [0, 0.05) is 29.2 Å². The molecular formula is C12H14Cl2N2O4S. The van der Waals surface area contributed by atoms with E-state index in [1.165, 1.54) is 18.2 Å². The standard InChI is InChI=1S/C12H14Cl2N2O4S/c13-8-2-9(14)4-11(3-8)21(19,20)16-10-1-7(12(17)18)5-15-6-10/h2-4,7,10,15-16H,1,5-6H2,(H,17,18). The largest absolute Gasteiger partial charge is 0.481 e. The minimum Gasteiger partial charge on any atom is -0.481 e. The van der Waals surface area contributed by atoms with Gasteiger partial charge in [0.25, 0.3) is 0 Å². The Bertz CT molecular complexity index is 630. The van der Waals surface area contributed by atoms with E-state index < -0.39 is 28.0 Å². The molecule has 1 aliphatic rings. The lowest BCUT2D eigenvalue weighted by atomic mass is 9.97. The second-order valence-corrected chi connectivity index (χ2v) is 7.44. The first-order valence-corrected chi connectivity index (χ1v) is 8.44. The third-order valence-corrected chi connectivity index (χ3v) is 5.10. The molecule has 0 aliphatic carbocycles. The number of carboxylic acids is 1. The van der Waals surface area contributed by atoms with Gasteiger partial charge in [0.15, 0.2) is 0 Å². The molecule has 21 heavy (non-hydrogen) atoms. The summed E-state index contributed by atoms with van der Waals surface area (Å²) in [6.07, 6.45) is 0.232. The maximum atomic E-state index is 12.3. The number of hydrogen-bond donors (Lipinski definition) is 3. The molecule has 1 saturated heterocycles. The van der Waals surface area contributed by atoms with Crippen molar-refractivity contribution in [3.63, 3.8) is 0 Å². The third-order valence-electron chi connectivity index (χ3n) is 3.17. The summed E-state index contributed by atoms with van der Waals surface area (Å²) in [5.41, 5.74) is 0. The van der Waals surface area contributed by atoms with Crippen molar-refractivity contribution in [2.45, 2.75) is 17.4 Å². The number of hydrogen-bond acceptors (Lipinski definition) is 4. The summed E-state index contributed by atoms with van der Waals surface area (Å²) < 4.78 is 27.0. The van der Waals surface area contributed by atoms with Gasteiger partial charge in [-0.15, -0.1) is 0 Å². The fourth-order valence-corrected chi connectivity index (χ4v) is 4.17. The van der Waals surface area contributed by atoms with E-state index in [1.807, 2.05) is 0 Å². The number of carbonyl (C=O) groups is 1. The molecule has 2 rings (SSSR count). The summed E-state index contributed by atoms with van der Waals surface area (Å²) in [6, 6.07) is 3.52. The average molecular weight is 353 g/mol. The minimum atomic E-state index is -3.81. The van der Waals surface area contributed by atoms with E-state index in [0.29, 0.717) is 13.1 Å². The summed E-state index contributed by atoms with van der Waals surface area (Å²) in [6.45, 7) is 0.702. The summed E-state index contributed by atoms with van der Waals surface area (Å²) in [5, 5.41) is 12.3. The van der Waals surface area contributed by atoms with E-state index in [1.54, 1.807) is 0 Å². The van der Waals surface area contributed by atoms with Gasteiger partial charge in [-0.25, -0.2) is 13.1 Å². The molecule has 1 aliphatic heterocycles. The smallest absolute Gasteiger partial charge is 0.307 e. The van der Waals surface area contributed by atoms with E-state index in [-0.39, 0.29) is 21.4 Å². The lowest BCUT2D eigenvalue weighted by Crippen LogP contribution is -2.50. The van der Waals surface area contributed by atoms with Crippen LogP contribution in [0.4, 0.5) is 0 Å². The van der Waals surface area contributed by atoms with Gasteiger partial charge in [-0.2, -0.15) is 0 Å². The predicted molar refractivity (Wildman–Crippen MR) is 79.2 cm³/mol. The van der Waals surface area contributed by atoms with Crippen LogP contribution in [-0.2, 0) is 14.8 Å². The van der Waals surface area contributed by atoms with E-state index in [2.05, 4.69) is 10.0 Å². The summed E-state index contributed by atoms with van der Waals surface area (Å²) in [5.74, 6) is -1.56. The zero-order valence-electron chi connectivity index (χ0n) is 10.8. The molecule has 0 spiro atoms. The molecule has 1 aromatic carbocycles. The van der Waals surface area contributed by atoms with Crippen molar-refractivity contribution in [1.82, 2.24) is 10.0 Å². The average Bonchev–Trinajstić information content (AvgIpc) is 2.37. The quantitative estimate of drug-likeness (QED) is 0.759. The Hall–Kier alpha value is -0.860. The number of piperidine rings is 1. The van der Waals surface area contributed by atoms with E-state index in [4.69, 9.17) is 28.3 Å². The van der Waals surface area contributed by atoms with Gasteiger partial charge >= 0.3 is 5.97 Å². The van der Waals surface area contributed by atoms with Gasteiger partial charge in [0.05, 0.1) is 10.8 Å². The van der Waals surface area contributed by atoms with Crippen molar-refractivity contribution in [3.8, 4) is 0 Å². The Morgan fingerprint density at radius 1 is 1.24 bits per heavy atom. The van der Waals surface area contributed by atoms with Crippen LogP contribution in [0.3, 0.4) is 0 Å². The Labute approximate surface area is 132 Å². The highest BCUT2D eigenvalue weighted by Gasteiger charge is 2.30. The highest BCUT2D eigenvalue weighted by molar-refractivity contribution is 7.89. The van der Waals surface area contributed by atoms with Gasteiger partial charge < -0.3 is 10.4 Å². The molecule has 0 aromatic heterocycles. The first-order chi connectivity index (χ1) is 9.78. The van der Waals surface area contributed by atoms with Crippen LogP contribution in [0.5, 0.6) is 0 Å². The Kier molecular flexibility index (Phi) is 5.11. The SMILES string of the molecule is O=C(O)C1CNCC(NS(=O)(=O)c2cc(Cl)cc(Cl)c2)C1. The van der Waals surface area contributed by atoms with Crippen molar-refractivity contribution >= 4 is 39.2 Å². The van der Waals surface area contributed by atoms with Crippen LogP contribution in [0.25, 0.3) is 0 Å². The number of carboxylic acid groups (broad SMARTS) is 1. The number of rotatable bonds is 4. The molecule has 0 bridgehead atoms. The van der Waals surface area contributed by atoms with Crippen LogP contribution in [0.1, 0.15) is 6.42 Å². The number of halogens is 2. The number of nitrogens with one attached hydrogen (secondary N) is 2. The molecule has 1 aromatic rings. The summed E-state index contributed by atoms with van der Waals surface area (Å²) in [7, 11) is -3.81. The second kappa shape index (κ2) is 6.50. The summed E-state index contributed by atoms with van der Waals surface area (Å²) >= 11 is 11.6. The van der Waals surface area contributed by atoms with Gasteiger partial charge in [-0.1, -0.05) is 23.2 Å². The van der Waals surface area contributed by atoms with E-state index in [9.17, 15) is 13.2 Å². The van der Waals surface area contributed by atoms with Crippen LogP contribution in [0.2, 0.25) is 10.0 Å². The topological polar surface area (TPSA) is 95.5 Å². The number of sulfonamides is 1. The van der Waals surface area contributed by atoms with E-state index >= 15 is 0 Å². The summed E-state index contributed by atoms with van der Waals surface area (Å²) in [4.78, 5) is 10.9. The van der Waals surface area contributed by atoms with Crippen molar-refractivity contribution < 1.29 is 18.3 Å². The molecule has 2 unspecified atom stereocenters. The van der Waals surface area contributed by atoms with Gasteiger partial charge in [-0.05, 0) is 24.6 Å². The lowest BCUT2D eigenvalue weighted by molar-refractivity contribution is -0.142. The molecule has 2 atom stereocenters.